The molecule has 0 bridgehead atoms. The van der Waals surface area contributed by atoms with E-state index in [1.807, 2.05) is 18.2 Å². The summed E-state index contributed by atoms with van der Waals surface area (Å²) in [5.74, 6) is 2.08. The number of halogens is 1. The van der Waals surface area contributed by atoms with Crippen molar-refractivity contribution in [1.82, 2.24) is 10.2 Å². The summed E-state index contributed by atoms with van der Waals surface area (Å²) >= 11 is 0. The maximum atomic E-state index is 13.0. The van der Waals surface area contributed by atoms with Gasteiger partial charge < -0.3 is 19.7 Å². The van der Waals surface area contributed by atoms with E-state index in [-0.39, 0.29) is 18.3 Å². The summed E-state index contributed by atoms with van der Waals surface area (Å²) in [6.07, 6.45) is 4.11. The van der Waals surface area contributed by atoms with Gasteiger partial charge in [0.05, 0.1) is 14.2 Å². The van der Waals surface area contributed by atoms with E-state index in [9.17, 15) is 4.79 Å². The minimum Gasteiger partial charge on any atom is -0.497 e. The van der Waals surface area contributed by atoms with Gasteiger partial charge in [-0.2, -0.15) is 0 Å². The van der Waals surface area contributed by atoms with E-state index < -0.39 is 0 Å². The number of benzene rings is 1. The molecule has 3 rings (SSSR count). The lowest BCUT2D eigenvalue weighted by Gasteiger charge is -2.30. The van der Waals surface area contributed by atoms with Gasteiger partial charge in [0.1, 0.15) is 11.5 Å². The highest BCUT2D eigenvalue weighted by atomic mass is 35.5. The Morgan fingerprint density at radius 2 is 1.88 bits per heavy atom. The van der Waals surface area contributed by atoms with Gasteiger partial charge in [-0.25, -0.2) is 0 Å². The number of piperidine rings is 1. The van der Waals surface area contributed by atoms with Crippen molar-refractivity contribution in [2.45, 2.75) is 38.3 Å². The highest BCUT2D eigenvalue weighted by molar-refractivity contribution is 5.85. The molecular weight excluding hydrogens is 328 g/mol. The smallest absolute Gasteiger partial charge is 0.226 e. The Morgan fingerprint density at radius 1 is 1.17 bits per heavy atom. The van der Waals surface area contributed by atoms with Crippen LogP contribution in [0.3, 0.4) is 0 Å². The Morgan fingerprint density at radius 3 is 2.46 bits per heavy atom. The molecular formula is C18H27ClN2O3. The summed E-state index contributed by atoms with van der Waals surface area (Å²) in [5, 5.41) is 3.33. The number of carbonyl (C=O) groups excluding carboxylic acids is 1. The predicted molar refractivity (Wildman–Crippen MR) is 96.0 cm³/mol. The average molecular weight is 355 g/mol. The predicted octanol–water partition coefficient (Wildman–Crippen LogP) is 2.62. The molecule has 5 nitrogen and oxygen atoms in total. The van der Waals surface area contributed by atoms with E-state index >= 15 is 0 Å². The van der Waals surface area contributed by atoms with Gasteiger partial charge in [0.25, 0.3) is 0 Å². The van der Waals surface area contributed by atoms with Crippen LogP contribution in [0, 0.1) is 5.92 Å². The van der Waals surface area contributed by atoms with E-state index in [1.165, 1.54) is 0 Å². The van der Waals surface area contributed by atoms with Gasteiger partial charge in [0.15, 0.2) is 0 Å². The molecule has 0 radical (unpaired) electrons. The molecule has 134 valence electrons. The molecule has 2 aliphatic rings. The van der Waals surface area contributed by atoms with Crippen LogP contribution < -0.4 is 14.8 Å². The molecule has 1 aliphatic heterocycles. The second-order valence-corrected chi connectivity index (χ2v) is 6.40. The van der Waals surface area contributed by atoms with Crippen LogP contribution >= 0.6 is 12.4 Å². The Bertz CT molecular complexity index is 557. The van der Waals surface area contributed by atoms with Gasteiger partial charge in [-0.15, -0.1) is 12.4 Å². The minimum absolute atomic E-state index is 0. The Kier molecular flexibility index (Phi) is 6.75. The van der Waals surface area contributed by atoms with E-state index in [0.717, 1.165) is 55.8 Å². The molecule has 0 aromatic heterocycles. The topological polar surface area (TPSA) is 50.8 Å². The van der Waals surface area contributed by atoms with Crippen molar-refractivity contribution in [3.8, 4) is 11.5 Å². The van der Waals surface area contributed by atoms with Crippen molar-refractivity contribution < 1.29 is 14.3 Å². The molecule has 0 unspecified atom stereocenters. The molecule has 2 fully saturated rings. The van der Waals surface area contributed by atoms with Crippen molar-refractivity contribution in [3.63, 3.8) is 0 Å². The SMILES string of the molecule is COc1ccc(OC)c(CN(C(=O)C2CCNCC2)C2CC2)c1.Cl. The number of nitrogens with zero attached hydrogens (tertiary/aromatic N) is 1. The van der Waals surface area contributed by atoms with Crippen LogP contribution in [0.25, 0.3) is 0 Å². The lowest BCUT2D eigenvalue weighted by atomic mass is 9.96. The second-order valence-electron chi connectivity index (χ2n) is 6.40. The first-order valence-corrected chi connectivity index (χ1v) is 8.45. The number of ether oxygens (including phenoxy) is 2. The van der Waals surface area contributed by atoms with Gasteiger partial charge in [-0.05, 0) is 57.0 Å². The van der Waals surface area contributed by atoms with E-state index in [0.29, 0.717) is 18.5 Å². The normalized spacial score (nSPS) is 17.8. The zero-order valence-corrected chi connectivity index (χ0v) is 15.2. The van der Waals surface area contributed by atoms with Crippen LogP contribution in [0.1, 0.15) is 31.2 Å². The number of hydrogen-bond donors (Lipinski definition) is 1. The molecule has 0 spiro atoms. The summed E-state index contributed by atoms with van der Waals surface area (Å²) in [6.45, 7) is 2.49. The zero-order valence-electron chi connectivity index (χ0n) is 14.4. The van der Waals surface area contributed by atoms with E-state index in [1.54, 1.807) is 14.2 Å². The lowest BCUT2D eigenvalue weighted by molar-refractivity contribution is -0.137. The third-order valence-electron chi connectivity index (χ3n) is 4.79. The quantitative estimate of drug-likeness (QED) is 0.853. The Balaban J connectivity index is 0.00000208. The van der Waals surface area contributed by atoms with E-state index in [2.05, 4.69) is 10.2 Å². The maximum Gasteiger partial charge on any atom is 0.226 e. The fourth-order valence-electron chi connectivity index (χ4n) is 3.27. The first-order valence-electron chi connectivity index (χ1n) is 8.45. The molecule has 1 saturated carbocycles. The highest BCUT2D eigenvalue weighted by Crippen LogP contribution is 2.33. The summed E-state index contributed by atoms with van der Waals surface area (Å²) in [5.41, 5.74) is 1.01. The molecule has 1 heterocycles. The number of nitrogens with one attached hydrogen (secondary N) is 1. The third-order valence-corrected chi connectivity index (χ3v) is 4.79. The molecule has 0 atom stereocenters. The third kappa shape index (κ3) is 4.33. The van der Waals surface area contributed by atoms with Crippen LogP contribution in [-0.2, 0) is 11.3 Å². The largest absolute Gasteiger partial charge is 0.497 e. The van der Waals surface area contributed by atoms with Gasteiger partial charge in [-0.1, -0.05) is 0 Å². The molecule has 1 aromatic rings. The minimum atomic E-state index is 0. The van der Waals surface area contributed by atoms with Gasteiger partial charge in [-0.3, -0.25) is 4.79 Å². The van der Waals surface area contributed by atoms with Crippen LogP contribution in [0.2, 0.25) is 0 Å². The van der Waals surface area contributed by atoms with Gasteiger partial charge >= 0.3 is 0 Å². The van der Waals surface area contributed by atoms with Gasteiger partial charge in [0, 0.05) is 24.1 Å². The fourth-order valence-corrected chi connectivity index (χ4v) is 3.27. The summed E-state index contributed by atoms with van der Waals surface area (Å²) in [7, 11) is 3.33. The number of rotatable bonds is 6. The first-order chi connectivity index (χ1) is 11.2. The number of methoxy groups -OCH3 is 2. The summed E-state index contributed by atoms with van der Waals surface area (Å²) in [4.78, 5) is 15.0. The molecule has 1 saturated heterocycles. The van der Waals surface area contributed by atoms with Crippen LogP contribution in [0.15, 0.2) is 18.2 Å². The van der Waals surface area contributed by atoms with Crippen LogP contribution in [0.4, 0.5) is 0 Å². The average Bonchev–Trinajstić information content (AvgIpc) is 3.44. The molecule has 1 N–H and O–H groups in total. The monoisotopic (exact) mass is 354 g/mol. The van der Waals surface area contributed by atoms with Crippen molar-refractivity contribution >= 4 is 18.3 Å². The van der Waals surface area contributed by atoms with Crippen molar-refractivity contribution in [1.29, 1.82) is 0 Å². The molecule has 6 heteroatoms. The first kappa shape index (κ1) is 18.9. The molecule has 1 amide bonds. The summed E-state index contributed by atoms with van der Waals surface area (Å²) in [6, 6.07) is 6.17. The number of carbonyl (C=O) groups is 1. The molecule has 1 aromatic carbocycles. The Hall–Kier alpha value is -1.46. The maximum absolute atomic E-state index is 13.0. The van der Waals surface area contributed by atoms with Crippen molar-refractivity contribution in [3.05, 3.63) is 23.8 Å². The standard InChI is InChI=1S/C18H26N2O3.ClH/c1-22-16-5-6-17(23-2)14(11-16)12-20(15-3-4-15)18(21)13-7-9-19-10-8-13;/h5-6,11,13,15,19H,3-4,7-10,12H2,1-2H3;1H. The second kappa shape index (κ2) is 8.58. The van der Waals surface area contributed by atoms with E-state index in [4.69, 9.17) is 9.47 Å². The van der Waals surface area contributed by atoms with Crippen molar-refractivity contribution in [2.24, 2.45) is 5.92 Å². The van der Waals surface area contributed by atoms with Crippen LogP contribution in [-0.4, -0.2) is 44.2 Å². The van der Waals surface area contributed by atoms with Crippen molar-refractivity contribution in [2.75, 3.05) is 27.3 Å². The molecule has 1 aliphatic carbocycles. The number of hydrogen-bond acceptors (Lipinski definition) is 4. The highest BCUT2D eigenvalue weighted by Gasteiger charge is 2.36. The fraction of sp³-hybridized carbons (Fsp3) is 0.611. The van der Waals surface area contributed by atoms with Crippen LogP contribution in [0.5, 0.6) is 11.5 Å². The Labute approximate surface area is 150 Å². The zero-order chi connectivity index (χ0) is 16.2. The number of amides is 1. The summed E-state index contributed by atoms with van der Waals surface area (Å²) < 4.78 is 10.8. The lowest BCUT2D eigenvalue weighted by Crippen LogP contribution is -2.41. The van der Waals surface area contributed by atoms with Gasteiger partial charge in [0.2, 0.25) is 5.91 Å². The molecule has 24 heavy (non-hydrogen) atoms.